The number of esters is 1. The Labute approximate surface area is 110 Å². The quantitative estimate of drug-likeness (QED) is 0.609. The van der Waals surface area contributed by atoms with Gasteiger partial charge in [-0.05, 0) is 31.1 Å². The largest absolute Gasteiger partial charge is 0.468 e. The molecule has 0 aromatic heterocycles. The third kappa shape index (κ3) is 4.94. The van der Waals surface area contributed by atoms with E-state index in [4.69, 9.17) is 9.47 Å². The molecule has 1 unspecified atom stereocenters. The first kappa shape index (κ1) is 15.4. The van der Waals surface area contributed by atoms with Crippen molar-refractivity contribution in [2.75, 3.05) is 27.4 Å². The standard InChI is InChI=1S/C14H27NO3/c1-4-5-6-12(13(16)18-3)15-11-14(7-8-14)9-10-17-2/h12,15H,4-11H2,1-3H3. The van der Waals surface area contributed by atoms with Gasteiger partial charge in [0.1, 0.15) is 6.04 Å². The molecular formula is C14H27NO3. The SMILES string of the molecule is CCCCC(NCC1(CCOC)CC1)C(=O)OC. The molecular weight excluding hydrogens is 230 g/mol. The predicted molar refractivity (Wildman–Crippen MR) is 71.5 cm³/mol. The molecule has 18 heavy (non-hydrogen) atoms. The van der Waals surface area contributed by atoms with Crippen LogP contribution >= 0.6 is 0 Å². The van der Waals surface area contributed by atoms with Crippen molar-refractivity contribution in [3.05, 3.63) is 0 Å². The van der Waals surface area contributed by atoms with Crippen molar-refractivity contribution in [3.63, 3.8) is 0 Å². The van der Waals surface area contributed by atoms with Gasteiger partial charge in [-0.3, -0.25) is 4.79 Å². The third-order valence-electron chi connectivity index (χ3n) is 3.85. The second-order valence-corrected chi connectivity index (χ2v) is 5.34. The van der Waals surface area contributed by atoms with E-state index < -0.39 is 0 Å². The summed E-state index contributed by atoms with van der Waals surface area (Å²) in [6.45, 7) is 3.84. The second-order valence-electron chi connectivity index (χ2n) is 5.34. The molecule has 0 heterocycles. The molecule has 1 saturated carbocycles. The highest BCUT2D eigenvalue weighted by Gasteiger charge is 2.42. The lowest BCUT2D eigenvalue weighted by Gasteiger charge is -2.21. The Morgan fingerprint density at radius 3 is 2.61 bits per heavy atom. The summed E-state index contributed by atoms with van der Waals surface area (Å²) in [4.78, 5) is 11.7. The van der Waals surface area contributed by atoms with Gasteiger partial charge in [0.2, 0.25) is 0 Å². The van der Waals surface area contributed by atoms with Crippen LogP contribution in [0.5, 0.6) is 0 Å². The van der Waals surface area contributed by atoms with Crippen LogP contribution in [0.2, 0.25) is 0 Å². The minimum Gasteiger partial charge on any atom is -0.468 e. The van der Waals surface area contributed by atoms with Gasteiger partial charge in [-0.1, -0.05) is 19.8 Å². The Kier molecular flexibility index (Phi) is 6.65. The molecule has 1 aliphatic carbocycles. The van der Waals surface area contributed by atoms with Crippen molar-refractivity contribution in [2.45, 2.75) is 51.5 Å². The minimum absolute atomic E-state index is 0.133. The molecule has 0 aromatic carbocycles. The maximum absolute atomic E-state index is 11.7. The normalized spacial score (nSPS) is 18.4. The van der Waals surface area contributed by atoms with Gasteiger partial charge in [-0.2, -0.15) is 0 Å². The lowest BCUT2D eigenvalue weighted by molar-refractivity contribution is -0.143. The van der Waals surface area contributed by atoms with E-state index in [1.165, 1.54) is 20.0 Å². The molecule has 0 aromatic rings. The highest BCUT2D eigenvalue weighted by Crippen LogP contribution is 2.48. The summed E-state index contributed by atoms with van der Waals surface area (Å²) in [6.07, 6.45) is 6.58. The summed E-state index contributed by atoms with van der Waals surface area (Å²) in [5, 5.41) is 3.39. The van der Waals surface area contributed by atoms with Crippen LogP contribution in [0.1, 0.15) is 45.4 Å². The lowest BCUT2D eigenvalue weighted by Crippen LogP contribution is -2.41. The Balaban J connectivity index is 2.34. The average molecular weight is 257 g/mol. The molecule has 4 heteroatoms. The number of nitrogens with one attached hydrogen (secondary N) is 1. The first-order chi connectivity index (χ1) is 8.67. The molecule has 0 aliphatic heterocycles. The molecule has 4 nitrogen and oxygen atoms in total. The molecule has 0 amide bonds. The monoisotopic (exact) mass is 257 g/mol. The maximum atomic E-state index is 11.7. The number of ether oxygens (including phenoxy) is 2. The molecule has 1 fully saturated rings. The topological polar surface area (TPSA) is 47.6 Å². The molecule has 0 radical (unpaired) electrons. The number of carbonyl (C=O) groups excluding carboxylic acids is 1. The Morgan fingerprint density at radius 2 is 2.11 bits per heavy atom. The molecule has 1 rings (SSSR count). The summed E-state index contributed by atoms with van der Waals surface area (Å²) in [5.74, 6) is -0.133. The number of rotatable bonds is 10. The summed E-state index contributed by atoms with van der Waals surface area (Å²) in [5.41, 5.74) is 0.370. The van der Waals surface area contributed by atoms with E-state index in [9.17, 15) is 4.79 Å². The van der Waals surface area contributed by atoms with Crippen molar-refractivity contribution in [1.29, 1.82) is 0 Å². The molecule has 1 N–H and O–H groups in total. The van der Waals surface area contributed by atoms with Crippen LogP contribution < -0.4 is 5.32 Å². The zero-order valence-corrected chi connectivity index (χ0v) is 12.0. The van der Waals surface area contributed by atoms with Crippen LogP contribution in [0.25, 0.3) is 0 Å². The Bertz CT molecular complexity index is 251. The zero-order chi connectivity index (χ0) is 13.4. The average Bonchev–Trinajstić information content (AvgIpc) is 3.16. The minimum atomic E-state index is -0.144. The van der Waals surface area contributed by atoms with E-state index >= 15 is 0 Å². The van der Waals surface area contributed by atoms with Crippen LogP contribution in [0.3, 0.4) is 0 Å². The van der Waals surface area contributed by atoms with Crippen LogP contribution in [-0.2, 0) is 14.3 Å². The smallest absolute Gasteiger partial charge is 0.322 e. The fraction of sp³-hybridized carbons (Fsp3) is 0.929. The fourth-order valence-electron chi connectivity index (χ4n) is 2.20. The number of methoxy groups -OCH3 is 2. The molecule has 1 atom stereocenters. The number of hydrogen-bond acceptors (Lipinski definition) is 4. The van der Waals surface area contributed by atoms with Gasteiger partial charge in [0.05, 0.1) is 7.11 Å². The highest BCUT2D eigenvalue weighted by atomic mass is 16.5. The molecule has 1 aliphatic rings. The van der Waals surface area contributed by atoms with E-state index in [1.54, 1.807) is 7.11 Å². The van der Waals surface area contributed by atoms with E-state index in [1.807, 2.05) is 0 Å². The Hall–Kier alpha value is -0.610. The van der Waals surface area contributed by atoms with Crippen molar-refractivity contribution in [3.8, 4) is 0 Å². The lowest BCUT2D eigenvalue weighted by atomic mass is 10.0. The Morgan fingerprint density at radius 1 is 1.39 bits per heavy atom. The van der Waals surface area contributed by atoms with Crippen molar-refractivity contribution in [1.82, 2.24) is 5.32 Å². The van der Waals surface area contributed by atoms with E-state index in [2.05, 4.69) is 12.2 Å². The predicted octanol–water partition coefficient (Wildman–Crippen LogP) is 2.12. The maximum Gasteiger partial charge on any atom is 0.322 e. The van der Waals surface area contributed by atoms with Crippen LogP contribution in [0.15, 0.2) is 0 Å². The van der Waals surface area contributed by atoms with E-state index in [-0.39, 0.29) is 12.0 Å². The summed E-state index contributed by atoms with van der Waals surface area (Å²) >= 11 is 0. The molecule has 0 spiro atoms. The first-order valence-corrected chi connectivity index (χ1v) is 6.97. The fourth-order valence-corrected chi connectivity index (χ4v) is 2.20. The summed E-state index contributed by atoms with van der Waals surface area (Å²) in [6, 6.07) is -0.144. The van der Waals surface area contributed by atoms with Gasteiger partial charge in [0.25, 0.3) is 0 Å². The zero-order valence-electron chi connectivity index (χ0n) is 12.0. The first-order valence-electron chi connectivity index (χ1n) is 6.97. The van der Waals surface area contributed by atoms with Crippen molar-refractivity contribution in [2.24, 2.45) is 5.41 Å². The van der Waals surface area contributed by atoms with Crippen molar-refractivity contribution < 1.29 is 14.3 Å². The summed E-state index contributed by atoms with van der Waals surface area (Å²) < 4.78 is 9.99. The highest BCUT2D eigenvalue weighted by molar-refractivity contribution is 5.75. The molecule has 0 saturated heterocycles. The van der Waals surface area contributed by atoms with Gasteiger partial charge in [-0.15, -0.1) is 0 Å². The van der Waals surface area contributed by atoms with Gasteiger partial charge >= 0.3 is 5.97 Å². The van der Waals surface area contributed by atoms with Crippen LogP contribution in [0.4, 0.5) is 0 Å². The van der Waals surface area contributed by atoms with Gasteiger partial charge in [0, 0.05) is 20.3 Å². The van der Waals surface area contributed by atoms with Crippen LogP contribution in [0, 0.1) is 5.41 Å². The number of carbonyl (C=O) groups is 1. The van der Waals surface area contributed by atoms with Gasteiger partial charge in [-0.25, -0.2) is 0 Å². The van der Waals surface area contributed by atoms with E-state index in [0.29, 0.717) is 5.41 Å². The summed E-state index contributed by atoms with van der Waals surface area (Å²) in [7, 11) is 3.20. The molecule has 0 bridgehead atoms. The van der Waals surface area contributed by atoms with Crippen molar-refractivity contribution >= 4 is 5.97 Å². The van der Waals surface area contributed by atoms with Gasteiger partial charge in [0.15, 0.2) is 0 Å². The van der Waals surface area contributed by atoms with E-state index in [0.717, 1.165) is 38.8 Å². The second kappa shape index (κ2) is 7.74. The van der Waals surface area contributed by atoms with Crippen LogP contribution in [-0.4, -0.2) is 39.4 Å². The number of hydrogen-bond donors (Lipinski definition) is 1. The molecule has 106 valence electrons. The van der Waals surface area contributed by atoms with Gasteiger partial charge < -0.3 is 14.8 Å². The third-order valence-corrected chi connectivity index (χ3v) is 3.85. The number of unbranched alkanes of at least 4 members (excludes halogenated alkanes) is 1.